The van der Waals surface area contributed by atoms with Crippen molar-refractivity contribution in [1.82, 2.24) is 0 Å². The van der Waals surface area contributed by atoms with Crippen LogP contribution in [0, 0.1) is 17.3 Å². The van der Waals surface area contributed by atoms with Crippen molar-refractivity contribution in [3.05, 3.63) is 21.7 Å². The van der Waals surface area contributed by atoms with Crippen LogP contribution in [0.5, 0.6) is 0 Å². The van der Waals surface area contributed by atoms with Crippen LogP contribution in [-0.4, -0.2) is 17.9 Å². The second kappa shape index (κ2) is 4.05. The van der Waals surface area contributed by atoms with E-state index in [1.807, 2.05) is 19.9 Å². The van der Waals surface area contributed by atoms with Crippen LogP contribution in [0.4, 0.5) is 0 Å². The molecule has 4 atom stereocenters. The summed E-state index contributed by atoms with van der Waals surface area (Å²) in [5, 5.41) is 0. The quantitative estimate of drug-likeness (QED) is 0.643. The Morgan fingerprint density at radius 2 is 2.11 bits per heavy atom. The van der Waals surface area contributed by atoms with Gasteiger partial charge in [0, 0.05) is 16.9 Å². The molecule has 102 valence electrons. The highest BCUT2D eigenvalue weighted by atomic mass is 79.9. The van der Waals surface area contributed by atoms with E-state index in [9.17, 15) is 9.59 Å². The molecule has 0 aromatic heterocycles. The maximum Gasteiger partial charge on any atom is 0.309 e. The average molecular weight is 325 g/mol. The molecular weight excluding hydrogens is 308 g/mol. The Hall–Kier alpha value is -0.900. The van der Waals surface area contributed by atoms with Gasteiger partial charge in [-0.05, 0) is 41.3 Å². The van der Waals surface area contributed by atoms with Crippen molar-refractivity contribution in [2.75, 3.05) is 0 Å². The highest BCUT2D eigenvalue weighted by molar-refractivity contribution is 9.12. The largest absolute Gasteiger partial charge is 0.457 e. The van der Waals surface area contributed by atoms with Gasteiger partial charge < -0.3 is 4.74 Å². The molecule has 0 N–H and O–H groups in total. The summed E-state index contributed by atoms with van der Waals surface area (Å²) < 4.78 is 6.20. The average Bonchev–Trinajstić information content (AvgIpc) is 2.61. The standard InChI is InChI=1S/C15H17BrO3/c1-7-9-4-5-15(3)6-10(16)12(17)8(2)11(15)13(9)19-14(7)18/h6-7,9,13H,4-5H2,1-3H3/t7-,9-,13-,15-/m1/s1. The molecule has 3 aliphatic rings. The predicted molar refractivity (Wildman–Crippen MR) is 74.6 cm³/mol. The van der Waals surface area contributed by atoms with E-state index in [-0.39, 0.29) is 35.1 Å². The smallest absolute Gasteiger partial charge is 0.309 e. The number of ether oxygens (including phenoxy) is 1. The Morgan fingerprint density at radius 1 is 1.42 bits per heavy atom. The van der Waals surface area contributed by atoms with E-state index in [1.165, 1.54) is 0 Å². The number of esters is 1. The van der Waals surface area contributed by atoms with Crippen molar-refractivity contribution in [2.24, 2.45) is 17.3 Å². The van der Waals surface area contributed by atoms with Gasteiger partial charge in [-0.15, -0.1) is 0 Å². The number of Topliss-reactive ketones (excluding diaryl/α,β-unsaturated/α-hetero) is 1. The van der Waals surface area contributed by atoms with Gasteiger partial charge in [0.25, 0.3) is 0 Å². The summed E-state index contributed by atoms with van der Waals surface area (Å²) in [6, 6.07) is 0. The summed E-state index contributed by atoms with van der Waals surface area (Å²) in [5.41, 5.74) is 1.60. The lowest BCUT2D eigenvalue weighted by molar-refractivity contribution is -0.143. The Bertz CT molecular complexity index is 546. The lowest BCUT2D eigenvalue weighted by Gasteiger charge is -2.43. The van der Waals surface area contributed by atoms with E-state index in [4.69, 9.17) is 4.74 Å². The van der Waals surface area contributed by atoms with Gasteiger partial charge in [0.15, 0.2) is 5.78 Å². The zero-order chi connectivity index (χ0) is 13.9. The number of carbonyl (C=O) groups excluding carboxylic acids is 2. The Kier molecular flexibility index (Phi) is 2.79. The highest BCUT2D eigenvalue weighted by Crippen LogP contribution is 2.54. The molecule has 2 aliphatic carbocycles. The van der Waals surface area contributed by atoms with Gasteiger partial charge in [0.05, 0.1) is 10.4 Å². The zero-order valence-corrected chi connectivity index (χ0v) is 12.9. The molecule has 0 aromatic rings. The molecule has 1 saturated heterocycles. The number of rotatable bonds is 0. The van der Waals surface area contributed by atoms with Gasteiger partial charge in [-0.1, -0.05) is 19.9 Å². The van der Waals surface area contributed by atoms with Crippen molar-refractivity contribution in [3.63, 3.8) is 0 Å². The Morgan fingerprint density at radius 3 is 2.79 bits per heavy atom. The van der Waals surface area contributed by atoms with Crippen LogP contribution >= 0.6 is 15.9 Å². The molecular formula is C15H17BrO3. The first-order chi connectivity index (χ1) is 8.85. The van der Waals surface area contributed by atoms with Gasteiger partial charge in [0.2, 0.25) is 0 Å². The van der Waals surface area contributed by atoms with Crippen LogP contribution in [0.25, 0.3) is 0 Å². The summed E-state index contributed by atoms with van der Waals surface area (Å²) in [5.74, 6) is 0.0623. The van der Waals surface area contributed by atoms with Gasteiger partial charge >= 0.3 is 5.97 Å². The molecule has 4 heteroatoms. The van der Waals surface area contributed by atoms with Crippen LogP contribution < -0.4 is 0 Å². The monoisotopic (exact) mass is 324 g/mol. The molecule has 1 saturated carbocycles. The van der Waals surface area contributed by atoms with Crippen molar-refractivity contribution in [1.29, 1.82) is 0 Å². The topological polar surface area (TPSA) is 43.4 Å². The highest BCUT2D eigenvalue weighted by Gasteiger charge is 2.53. The van der Waals surface area contributed by atoms with E-state index < -0.39 is 0 Å². The van der Waals surface area contributed by atoms with Gasteiger partial charge in [0.1, 0.15) is 6.10 Å². The molecule has 0 radical (unpaired) electrons. The number of hydrogen-bond donors (Lipinski definition) is 0. The van der Waals surface area contributed by atoms with Gasteiger partial charge in [-0.25, -0.2) is 0 Å². The van der Waals surface area contributed by atoms with E-state index >= 15 is 0 Å². The second-order valence-electron chi connectivity index (χ2n) is 6.13. The van der Waals surface area contributed by atoms with E-state index in [1.54, 1.807) is 0 Å². The first-order valence-electron chi connectivity index (χ1n) is 6.70. The summed E-state index contributed by atoms with van der Waals surface area (Å²) in [4.78, 5) is 24.0. The van der Waals surface area contributed by atoms with Crippen LogP contribution in [-0.2, 0) is 14.3 Å². The zero-order valence-electron chi connectivity index (χ0n) is 11.3. The third kappa shape index (κ3) is 1.69. The minimum absolute atomic E-state index is 0.0173. The van der Waals surface area contributed by atoms with Crippen LogP contribution in [0.15, 0.2) is 21.7 Å². The van der Waals surface area contributed by atoms with Crippen LogP contribution in [0.3, 0.4) is 0 Å². The molecule has 0 amide bonds. The fraction of sp³-hybridized carbons (Fsp3) is 0.600. The summed E-state index contributed by atoms with van der Waals surface area (Å²) >= 11 is 3.36. The summed E-state index contributed by atoms with van der Waals surface area (Å²) in [6.07, 6.45) is 3.71. The van der Waals surface area contributed by atoms with Gasteiger partial charge in [-0.2, -0.15) is 0 Å². The number of halogens is 1. The molecule has 2 fully saturated rings. The number of ketones is 1. The van der Waals surface area contributed by atoms with E-state index in [0.717, 1.165) is 24.0 Å². The lowest BCUT2D eigenvalue weighted by atomic mass is 9.62. The van der Waals surface area contributed by atoms with Crippen molar-refractivity contribution in [3.8, 4) is 0 Å². The first-order valence-corrected chi connectivity index (χ1v) is 7.49. The minimum atomic E-state index is -0.206. The van der Waals surface area contributed by atoms with Crippen LogP contribution in [0.1, 0.15) is 33.6 Å². The maximum atomic E-state index is 12.2. The molecule has 0 spiro atoms. The third-order valence-corrected chi connectivity index (χ3v) is 5.54. The Labute approximate surface area is 121 Å². The maximum absolute atomic E-state index is 12.2. The molecule has 0 aromatic carbocycles. The molecule has 0 unspecified atom stereocenters. The molecule has 1 heterocycles. The predicted octanol–water partition coefficient (Wildman–Crippen LogP) is 3.14. The van der Waals surface area contributed by atoms with Gasteiger partial charge in [-0.3, -0.25) is 9.59 Å². The number of carbonyl (C=O) groups is 2. The molecule has 19 heavy (non-hydrogen) atoms. The Balaban J connectivity index is 2.12. The van der Waals surface area contributed by atoms with Crippen molar-refractivity contribution in [2.45, 2.75) is 39.7 Å². The fourth-order valence-corrected chi connectivity index (χ4v) is 4.60. The molecule has 1 aliphatic heterocycles. The normalized spacial score (nSPS) is 41.7. The second-order valence-corrected chi connectivity index (χ2v) is 6.98. The molecule has 0 bridgehead atoms. The van der Waals surface area contributed by atoms with Crippen molar-refractivity contribution >= 4 is 27.7 Å². The third-order valence-electron chi connectivity index (χ3n) is 4.95. The van der Waals surface area contributed by atoms with Crippen LogP contribution in [0.2, 0.25) is 0 Å². The molecule has 3 rings (SSSR count). The summed E-state index contributed by atoms with van der Waals surface area (Å²) in [6.45, 7) is 5.91. The fourth-order valence-electron chi connectivity index (χ4n) is 3.80. The van der Waals surface area contributed by atoms with Crippen molar-refractivity contribution < 1.29 is 14.3 Å². The minimum Gasteiger partial charge on any atom is -0.457 e. The summed E-state index contributed by atoms with van der Waals surface area (Å²) in [7, 11) is 0. The lowest BCUT2D eigenvalue weighted by Crippen LogP contribution is -2.40. The number of fused-ring (bicyclic) bond motifs is 3. The van der Waals surface area contributed by atoms with E-state index in [2.05, 4.69) is 22.9 Å². The first kappa shape index (κ1) is 13.1. The number of allylic oxidation sites excluding steroid dienone is 3. The molecule has 3 nitrogen and oxygen atoms in total. The van der Waals surface area contributed by atoms with E-state index in [0.29, 0.717) is 4.48 Å². The number of hydrogen-bond acceptors (Lipinski definition) is 3. The SMILES string of the molecule is CC1=C2[C@@H]3OC(=O)[C@H](C)[C@H]3CC[C@]2(C)C=C(Br)C1=O.